The lowest BCUT2D eigenvalue weighted by Gasteiger charge is -2.37. The standard InChI is InChI=1S/C19H28ClN3O2/c1-13(2)17(24)23-10-8-22(9-11-23)16-7-6-14(12-15(16)20)21-18(25)19(3,4)5/h6-7,12-13H,8-11H2,1-5H3,(H,21,25). The molecule has 1 fully saturated rings. The summed E-state index contributed by atoms with van der Waals surface area (Å²) in [6.45, 7) is 12.4. The summed E-state index contributed by atoms with van der Waals surface area (Å²) in [5.74, 6) is 0.184. The minimum atomic E-state index is -0.454. The summed E-state index contributed by atoms with van der Waals surface area (Å²) in [5, 5.41) is 3.50. The van der Waals surface area contributed by atoms with Crippen molar-refractivity contribution < 1.29 is 9.59 Å². The van der Waals surface area contributed by atoms with Crippen LogP contribution in [0, 0.1) is 11.3 Å². The zero-order valence-corrected chi connectivity index (χ0v) is 16.5. The van der Waals surface area contributed by atoms with Gasteiger partial charge in [-0.25, -0.2) is 0 Å². The highest BCUT2D eigenvalue weighted by Gasteiger charge is 2.25. The van der Waals surface area contributed by atoms with Gasteiger partial charge in [0.05, 0.1) is 10.7 Å². The average Bonchev–Trinajstić information content (AvgIpc) is 2.53. The number of piperazine rings is 1. The molecule has 0 saturated carbocycles. The Morgan fingerprint density at radius 3 is 2.20 bits per heavy atom. The fraction of sp³-hybridized carbons (Fsp3) is 0.579. The molecule has 2 amide bonds. The second kappa shape index (κ2) is 7.65. The fourth-order valence-electron chi connectivity index (χ4n) is 2.69. The van der Waals surface area contributed by atoms with Crippen molar-refractivity contribution in [3.63, 3.8) is 0 Å². The summed E-state index contributed by atoms with van der Waals surface area (Å²) >= 11 is 6.44. The molecule has 2 rings (SSSR count). The third-order valence-electron chi connectivity index (χ3n) is 4.31. The van der Waals surface area contributed by atoms with E-state index in [9.17, 15) is 9.59 Å². The summed E-state index contributed by atoms with van der Waals surface area (Å²) in [7, 11) is 0. The maximum Gasteiger partial charge on any atom is 0.229 e. The highest BCUT2D eigenvalue weighted by Crippen LogP contribution is 2.30. The van der Waals surface area contributed by atoms with Crippen LogP contribution in [0.1, 0.15) is 34.6 Å². The average molecular weight is 366 g/mol. The Bertz CT molecular complexity index is 645. The van der Waals surface area contributed by atoms with Crippen molar-refractivity contribution in [3.05, 3.63) is 23.2 Å². The van der Waals surface area contributed by atoms with Crippen LogP contribution in [-0.2, 0) is 9.59 Å². The maximum atomic E-state index is 12.1. The Labute approximate surface area is 155 Å². The van der Waals surface area contributed by atoms with E-state index in [1.807, 2.05) is 51.7 Å². The van der Waals surface area contributed by atoms with E-state index in [2.05, 4.69) is 10.2 Å². The smallest absolute Gasteiger partial charge is 0.229 e. The molecule has 0 aliphatic carbocycles. The predicted molar refractivity (Wildman–Crippen MR) is 103 cm³/mol. The van der Waals surface area contributed by atoms with E-state index in [-0.39, 0.29) is 17.7 Å². The number of carbonyl (C=O) groups is 2. The second-order valence-corrected chi connectivity index (χ2v) is 8.24. The lowest BCUT2D eigenvalue weighted by atomic mass is 9.95. The van der Waals surface area contributed by atoms with Crippen LogP contribution in [-0.4, -0.2) is 42.9 Å². The molecule has 5 nitrogen and oxygen atoms in total. The van der Waals surface area contributed by atoms with Crippen molar-refractivity contribution in [2.45, 2.75) is 34.6 Å². The van der Waals surface area contributed by atoms with Gasteiger partial charge in [-0.2, -0.15) is 0 Å². The van der Waals surface area contributed by atoms with Gasteiger partial charge in [-0.1, -0.05) is 46.2 Å². The van der Waals surface area contributed by atoms with Crippen molar-refractivity contribution in [3.8, 4) is 0 Å². The number of nitrogens with zero attached hydrogens (tertiary/aromatic N) is 2. The minimum Gasteiger partial charge on any atom is -0.367 e. The quantitative estimate of drug-likeness (QED) is 0.889. The molecular weight excluding hydrogens is 338 g/mol. The second-order valence-electron chi connectivity index (χ2n) is 7.84. The molecule has 1 aromatic carbocycles. The zero-order chi connectivity index (χ0) is 18.8. The van der Waals surface area contributed by atoms with Crippen molar-refractivity contribution in [2.75, 3.05) is 36.4 Å². The SMILES string of the molecule is CC(C)C(=O)N1CCN(c2ccc(NC(=O)C(C)(C)C)cc2Cl)CC1. The van der Waals surface area contributed by atoms with Crippen LogP contribution in [0.4, 0.5) is 11.4 Å². The van der Waals surface area contributed by atoms with Gasteiger partial charge < -0.3 is 15.1 Å². The first-order valence-electron chi connectivity index (χ1n) is 8.74. The summed E-state index contributed by atoms with van der Waals surface area (Å²) in [6, 6.07) is 5.59. The van der Waals surface area contributed by atoms with Gasteiger partial charge in [-0.15, -0.1) is 0 Å². The van der Waals surface area contributed by atoms with E-state index in [1.54, 1.807) is 6.07 Å². The lowest BCUT2D eigenvalue weighted by molar-refractivity contribution is -0.134. The Hall–Kier alpha value is -1.75. The van der Waals surface area contributed by atoms with Gasteiger partial charge in [0.15, 0.2) is 0 Å². The number of amides is 2. The number of rotatable bonds is 3. The Morgan fingerprint density at radius 2 is 1.72 bits per heavy atom. The third-order valence-corrected chi connectivity index (χ3v) is 4.62. The number of halogens is 1. The minimum absolute atomic E-state index is 0.0286. The Kier molecular flexibility index (Phi) is 5.99. The summed E-state index contributed by atoms with van der Waals surface area (Å²) in [4.78, 5) is 28.3. The molecule has 0 atom stereocenters. The number of benzene rings is 1. The number of anilines is 2. The van der Waals surface area contributed by atoms with Crippen LogP contribution in [0.15, 0.2) is 18.2 Å². The van der Waals surface area contributed by atoms with Gasteiger partial charge in [0, 0.05) is 43.2 Å². The maximum absolute atomic E-state index is 12.1. The van der Waals surface area contributed by atoms with Crippen LogP contribution >= 0.6 is 11.6 Å². The van der Waals surface area contributed by atoms with Crippen molar-refractivity contribution in [1.82, 2.24) is 4.90 Å². The molecular formula is C19H28ClN3O2. The largest absolute Gasteiger partial charge is 0.367 e. The van der Waals surface area contributed by atoms with Crippen LogP contribution in [0.5, 0.6) is 0 Å². The van der Waals surface area contributed by atoms with Gasteiger partial charge in [0.2, 0.25) is 11.8 Å². The van der Waals surface area contributed by atoms with E-state index in [0.717, 1.165) is 18.8 Å². The van der Waals surface area contributed by atoms with E-state index in [0.29, 0.717) is 23.8 Å². The van der Waals surface area contributed by atoms with Gasteiger partial charge in [0.1, 0.15) is 0 Å². The fourth-order valence-corrected chi connectivity index (χ4v) is 2.99. The summed E-state index contributed by atoms with van der Waals surface area (Å²) < 4.78 is 0. The van der Waals surface area contributed by atoms with Gasteiger partial charge in [0.25, 0.3) is 0 Å². The molecule has 0 aromatic heterocycles. The van der Waals surface area contributed by atoms with Crippen molar-refractivity contribution in [1.29, 1.82) is 0 Å². The van der Waals surface area contributed by atoms with Gasteiger partial charge in [-0.05, 0) is 18.2 Å². The predicted octanol–water partition coefficient (Wildman–Crippen LogP) is 3.63. The first kappa shape index (κ1) is 19.6. The number of hydrogen-bond donors (Lipinski definition) is 1. The molecule has 0 bridgehead atoms. The van der Waals surface area contributed by atoms with Crippen LogP contribution in [0.25, 0.3) is 0 Å². The molecule has 0 spiro atoms. The van der Waals surface area contributed by atoms with Crippen molar-refractivity contribution >= 4 is 34.8 Å². The summed E-state index contributed by atoms with van der Waals surface area (Å²) in [5.41, 5.74) is 1.18. The molecule has 1 aromatic rings. The Morgan fingerprint density at radius 1 is 1.12 bits per heavy atom. The lowest BCUT2D eigenvalue weighted by Crippen LogP contribution is -2.50. The highest BCUT2D eigenvalue weighted by molar-refractivity contribution is 6.33. The topological polar surface area (TPSA) is 52.7 Å². The zero-order valence-electron chi connectivity index (χ0n) is 15.7. The molecule has 1 N–H and O–H groups in total. The van der Waals surface area contributed by atoms with Gasteiger partial charge in [-0.3, -0.25) is 9.59 Å². The van der Waals surface area contributed by atoms with Crippen LogP contribution in [0.3, 0.4) is 0 Å². The van der Waals surface area contributed by atoms with E-state index in [4.69, 9.17) is 11.6 Å². The molecule has 1 aliphatic rings. The first-order valence-corrected chi connectivity index (χ1v) is 9.12. The molecule has 1 aliphatic heterocycles. The highest BCUT2D eigenvalue weighted by atomic mass is 35.5. The van der Waals surface area contributed by atoms with E-state index < -0.39 is 5.41 Å². The number of nitrogens with one attached hydrogen (secondary N) is 1. The van der Waals surface area contributed by atoms with Crippen LogP contribution < -0.4 is 10.2 Å². The number of hydrogen-bond acceptors (Lipinski definition) is 3. The first-order chi connectivity index (χ1) is 11.6. The van der Waals surface area contributed by atoms with Gasteiger partial charge >= 0.3 is 0 Å². The molecule has 0 unspecified atom stereocenters. The van der Waals surface area contributed by atoms with Crippen LogP contribution in [0.2, 0.25) is 5.02 Å². The molecule has 6 heteroatoms. The monoisotopic (exact) mass is 365 g/mol. The van der Waals surface area contributed by atoms with Crippen molar-refractivity contribution in [2.24, 2.45) is 11.3 Å². The molecule has 1 saturated heterocycles. The Balaban J connectivity index is 2.02. The third kappa shape index (κ3) is 4.88. The van der Waals surface area contributed by atoms with E-state index >= 15 is 0 Å². The number of carbonyl (C=O) groups excluding carboxylic acids is 2. The molecule has 1 heterocycles. The van der Waals surface area contributed by atoms with E-state index in [1.165, 1.54) is 0 Å². The normalized spacial score (nSPS) is 15.5. The molecule has 138 valence electrons. The molecule has 0 radical (unpaired) electrons. The summed E-state index contributed by atoms with van der Waals surface area (Å²) in [6.07, 6.45) is 0. The molecule has 25 heavy (non-hydrogen) atoms.